The first kappa shape index (κ1) is 19.6. The minimum atomic E-state index is -0.591. The largest absolute Gasteiger partial charge is 0.452 e. The van der Waals surface area contributed by atoms with Crippen LogP contribution in [0.15, 0.2) is 66.9 Å². The van der Waals surface area contributed by atoms with Gasteiger partial charge in [-0.1, -0.05) is 53.7 Å². The lowest BCUT2D eigenvalue weighted by atomic mass is 10.0. The van der Waals surface area contributed by atoms with E-state index in [1.165, 1.54) is 12.2 Å². The first-order valence-corrected chi connectivity index (χ1v) is 9.86. The molecule has 0 fully saturated rings. The molecule has 152 valence electrons. The predicted molar refractivity (Wildman–Crippen MR) is 113 cm³/mol. The Morgan fingerprint density at radius 3 is 2.73 bits per heavy atom. The first-order valence-electron chi connectivity index (χ1n) is 9.86. The van der Waals surface area contributed by atoms with E-state index in [1.807, 2.05) is 54.6 Å². The molecule has 0 radical (unpaired) electrons. The molecule has 7 nitrogen and oxygen atoms in total. The van der Waals surface area contributed by atoms with Crippen molar-refractivity contribution in [2.75, 3.05) is 18.1 Å². The average molecular weight is 402 g/mol. The smallest absolute Gasteiger partial charge is 0.331 e. The second kappa shape index (κ2) is 9.17. The molecule has 2 heterocycles. The number of ether oxygens (including phenoxy) is 1. The van der Waals surface area contributed by atoms with Gasteiger partial charge in [0.25, 0.3) is 5.91 Å². The Labute approximate surface area is 174 Å². The summed E-state index contributed by atoms with van der Waals surface area (Å²) in [6.45, 7) is 0.934. The third-order valence-corrected chi connectivity index (χ3v) is 4.88. The lowest BCUT2D eigenvalue weighted by molar-refractivity contribution is -0.142. The van der Waals surface area contributed by atoms with Crippen molar-refractivity contribution >= 4 is 23.6 Å². The van der Waals surface area contributed by atoms with Crippen LogP contribution in [0, 0.1) is 0 Å². The van der Waals surface area contributed by atoms with E-state index in [9.17, 15) is 9.59 Å². The summed E-state index contributed by atoms with van der Waals surface area (Å²) < 4.78 is 6.82. The molecule has 0 aliphatic carbocycles. The fourth-order valence-electron chi connectivity index (χ4n) is 3.44. The number of fused-ring (bicyclic) bond motifs is 1. The summed E-state index contributed by atoms with van der Waals surface area (Å²) in [5, 5.41) is 8.07. The molecular formula is C23H22N4O3. The number of anilines is 1. The number of nitrogens with zero attached hydrogens (tertiary/aromatic N) is 4. The van der Waals surface area contributed by atoms with E-state index in [1.54, 1.807) is 15.8 Å². The number of aromatic nitrogens is 3. The molecule has 2 aromatic carbocycles. The van der Waals surface area contributed by atoms with Crippen molar-refractivity contribution in [3.8, 4) is 0 Å². The molecular weight excluding hydrogens is 380 g/mol. The van der Waals surface area contributed by atoms with Gasteiger partial charge in [0, 0.05) is 18.3 Å². The van der Waals surface area contributed by atoms with Gasteiger partial charge in [0.05, 0.1) is 12.7 Å². The highest BCUT2D eigenvalue weighted by molar-refractivity contribution is 5.97. The number of benzene rings is 2. The van der Waals surface area contributed by atoms with E-state index in [4.69, 9.17) is 4.74 Å². The third-order valence-electron chi connectivity index (χ3n) is 4.88. The zero-order valence-electron chi connectivity index (χ0n) is 16.5. The van der Waals surface area contributed by atoms with Crippen LogP contribution in [0.25, 0.3) is 6.08 Å². The van der Waals surface area contributed by atoms with Gasteiger partial charge in [-0.2, -0.15) is 0 Å². The maximum atomic E-state index is 12.5. The summed E-state index contributed by atoms with van der Waals surface area (Å²) >= 11 is 0. The van der Waals surface area contributed by atoms with Crippen molar-refractivity contribution in [3.63, 3.8) is 0 Å². The number of carbonyl (C=O) groups excluding carboxylic acids is 2. The van der Waals surface area contributed by atoms with Crippen molar-refractivity contribution in [1.29, 1.82) is 0 Å². The molecule has 0 saturated carbocycles. The van der Waals surface area contributed by atoms with Crippen LogP contribution in [-0.4, -0.2) is 40.0 Å². The number of aryl methyl sites for hydroxylation is 1. The van der Waals surface area contributed by atoms with Crippen LogP contribution in [0.1, 0.15) is 23.2 Å². The van der Waals surface area contributed by atoms with Gasteiger partial charge in [0.2, 0.25) is 0 Å². The van der Waals surface area contributed by atoms with Gasteiger partial charge in [0.15, 0.2) is 6.61 Å². The van der Waals surface area contributed by atoms with Gasteiger partial charge < -0.3 is 9.64 Å². The number of rotatable bonds is 6. The van der Waals surface area contributed by atoms with E-state index in [2.05, 4.69) is 10.3 Å². The number of hydrogen-bond acceptors (Lipinski definition) is 5. The maximum Gasteiger partial charge on any atom is 0.331 e. The zero-order valence-corrected chi connectivity index (χ0v) is 16.5. The molecule has 0 spiro atoms. The molecule has 0 atom stereocenters. The summed E-state index contributed by atoms with van der Waals surface area (Å²) in [4.78, 5) is 26.2. The van der Waals surface area contributed by atoms with Gasteiger partial charge >= 0.3 is 5.97 Å². The summed E-state index contributed by atoms with van der Waals surface area (Å²) in [7, 11) is 0. The van der Waals surface area contributed by atoms with E-state index >= 15 is 0 Å². The molecule has 4 rings (SSSR count). The quantitative estimate of drug-likeness (QED) is 0.468. The molecule has 0 saturated heterocycles. The Morgan fingerprint density at radius 1 is 1.07 bits per heavy atom. The monoisotopic (exact) mass is 402 g/mol. The van der Waals surface area contributed by atoms with Gasteiger partial charge in [-0.15, -0.1) is 5.10 Å². The van der Waals surface area contributed by atoms with Crippen LogP contribution >= 0.6 is 0 Å². The normalized spacial score (nSPS) is 13.3. The summed E-state index contributed by atoms with van der Waals surface area (Å²) in [5.74, 6) is -0.816. The summed E-state index contributed by atoms with van der Waals surface area (Å²) in [6, 6.07) is 17.7. The van der Waals surface area contributed by atoms with Gasteiger partial charge in [-0.05, 0) is 36.1 Å². The number of esters is 1. The molecule has 1 aliphatic rings. The number of carbonyl (C=O) groups is 2. The fraction of sp³-hybridized carbons (Fsp3) is 0.217. The van der Waals surface area contributed by atoms with Crippen molar-refractivity contribution in [2.24, 2.45) is 0 Å². The zero-order chi connectivity index (χ0) is 20.8. The second-order valence-electron chi connectivity index (χ2n) is 7.05. The molecule has 1 amide bonds. The number of hydrogen-bond donors (Lipinski definition) is 0. The molecule has 0 unspecified atom stereocenters. The van der Waals surface area contributed by atoms with E-state index < -0.39 is 5.97 Å². The molecule has 0 bridgehead atoms. The summed E-state index contributed by atoms with van der Waals surface area (Å²) in [5.41, 5.74) is 3.69. The predicted octanol–water partition coefficient (Wildman–Crippen LogP) is 2.86. The topological polar surface area (TPSA) is 77.3 Å². The highest BCUT2D eigenvalue weighted by Gasteiger charge is 2.22. The molecule has 1 aromatic heterocycles. The summed E-state index contributed by atoms with van der Waals surface area (Å²) in [6.07, 6.45) is 6.38. The van der Waals surface area contributed by atoms with Crippen LogP contribution in [0.3, 0.4) is 0 Å². The molecule has 1 aliphatic heterocycles. The van der Waals surface area contributed by atoms with Crippen molar-refractivity contribution < 1.29 is 14.3 Å². The standard InChI is InChI=1S/C23H22N4O3/c28-22(27-14-6-10-19-9-4-5-11-21(19)27)17-30-23(29)13-12-20-16-26(25-24-20)15-18-7-2-1-3-8-18/h1-5,7-9,11-13,16H,6,10,14-15,17H2/b13-12+. The van der Waals surface area contributed by atoms with Crippen LogP contribution in [0.2, 0.25) is 0 Å². The Balaban J connectivity index is 1.29. The van der Waals surface area contributed by atoms with E-state index in [-0.39, 0.29) is 12.5 Å². The number of amides is 1. The lowest BCUT2D eigenvalue weighted by Gasteiger charge is -2.29. The molecule has 30 heavy (non-hydrogen) atoms. The van der Waals surface area contributed by atoms with Crippen molar-refractivity contribution in [2.45, 2.75) is 19.4 Å². The number of para-hydroxylation sites is 1. The second-order valence-corrected chi connectivity index (χ2v) is 7.05. The van der Waals surface area contributed by atoms with Crippen molar-refractivity contribution in [1.82, 2.24) is 15.0 Å². The van der Waals surface area contributed by atoms with Gasteiger partial charge in [0.1, 0.15) is 5.69 Å². The van der Waals surface area contributed by atoms with Crippen LogP contribution in [0.5, 0.6) is 0 Å². The average Bonchev–Trinajstić information content (AvgIpc) is 3.23. The Kier molecular flexibility index (Phi) is 5.98. The molecule has 0 N–H and O–H groups in total. The highest BCUT2D eigenvalue weighted by atomic mass is 16.5. The minimum absolute atomic E-state index is 0.224. The first-order chi connectivity index (χ1) is 14.7. The van der Waals surface area contributed by atoms with Crippen LogP contribution < -0.4 is 4.90 Å². The Bertz CT molecular complexity index is 1060. The third kappa shape index (κ3) is 4.81. The van der Waals surface area contributed by atoms with Gasteiger partial charge in [-0.3, -0.25) is 4.79 Å². The maximum absolute atomic E-state index is 12.5. The van der Waals surface area contributed by atoms with Crippen LogP contribution in [-0.2, 0) is 27.3 Å². The Morgan fingerprint density at radius 2 is 1.87 bits per heavy atom. The fourth-order valence-corrected chi connectivity index (χ4v) is 3.44. The van der Waals surface area contributed by atoms with E-state index in [0.29, 0.717) is 18.8 Å². The minimum Gasteiger partial charge on any atom is -0.452 e. The Hall–Kier alpha value is -3.74. The lowest BCUT2D eigenvalue weighted by Crippen LogP contribution is -2.38. The van der Waals surface area contributed by atoms with Gasteiger partial charge in [-0.25, -0.2) is 9.48 Å². The van der Waals surface area contributed by atoms with Crippen LogP contribution in [0.4, 0.5) is 5.69 Å². The molecule has 7 heteroatoms. The van der Waals surface area contributed by atoms with Crippen molar-refractivity contribution in [3.05, 3.63) is 83.7 Å². The van der Waals surface area contributed by atoms with E-state index in [0.717, 1.165) is 29.7 Å². The SMILES string of the molecule is O=C(/C=C/c1cn(Cc2ccccc2)nn1)OCC(=O)N1CCCc2ccccc21. The molecule has 3 aromatic rings. The highest BCUT2D eigenvalue weighted by Crippen LogP contribution is 2.26.